The van der Waals surface area contributed by atoms with Gasteiger partial charge in [-0.1, -0.05) is 18.2 Å². The zero-order chi connectivity index (χ0) is 16.4. The van der Waals surface area contributed by atoms with Gasteiger partial charge in [0.25, 0.3) is 5.56 Å². The van der Waals surface area contributed by atoms with E-state index in [9.17, 15) is 9.59 Å². The summed E-state index contributed by atoms with van der Waals surface area (Å²) in [6.45, 7) is 0.318. The second-order valence-corrected chi connectivity index (χ2v) is 5.48. The summed E-state index contributed by atoms with van der Waals surface area (Å²) in [4.78, 5) is 30.1. The Labute approximate surface area is 138 Å². The number of hydrogen-bond acceptors (Lipinski definition) is 5. The molecule has 1 aromatic carbocycles. The molecule has 0 spiro atoms. The average molecular weight is 377 g/mol. The maximum absolute atomic E-state index is 12.0. The van der Waals surface area contributed by atoms with Crippen LogP contribution >= 0.6 is 15.9 Å². The number of aromatic amines is 1. The lowest BCUT2D eigenvalue weighted by atomic mass is 10.3. The van der Waals surface area contributed by atoms with Gasteiger partial charge in [-0.15, -0.1) is 0 Å². The van der Waals surface area contributed by atoms with Crippen LogP contribution in [0, 0.1) is 0 Å². The normalized spacial score (nSPS) is 11.4. The number of para-hydroxylation sites is 1. The predicted octanol–water partition coefficient (Wildman–Crippen LogP) is 1.28. The Kier molecular flexibility index (Phi) is 4.11. The van der Waals surface area contributed by atoms with Crippen molar-refractivity contribution in [1.82, 2.24) is 19.1 Å². The Hall–Kier alpha value is -2.68. The lowest BCUT2D eigenvalue weighted by molar-refractivity contribution is 0.824. The van der Waals surface area contributed by atoms with Gasteiger partial charge in [0.2, 0.25) is 0 Å². The molecule has 3 aromatic rings. The van der Waals surface area contributed by atoms with Crippen LogP contribution in [0.4, 0.5) is 5.69 Å². The van der Waals surface area contributed by atoms with E-state index in [4.69, 9.17) is 0 Å². The Morgan fingerprint density at radius 1 is 1.35 bits per heavy atom. The van der Waals surface area contributed by atoms with Crippen LogP contribution < -0.4 is 16.7 Å². The van der Waals surface area contributed by atoms with Crippen LogP contribution in [0.5, 0.6) is 0 Å². The van der Waals surface area contributed by atoms with Gasteiger partial charge in [0.1, 0.15) is 0 Å². The predicted molar refractivity (Wildman–Crippen MR) is 91.9 cm³/mol. The minimum atomic E-state index is -0.501. The number of aromatic nitrogens is 4. The van der Waals surface area contributed by atoms with E-state index in [1.54, 1.807) is 17.8 Å². The highest BCUT2D eigenvalue weighted by molar-refractivity contribution is 9.10. The van der Waals surface area contributed by atoms with E-state index >= 15 is 0 Å². The number of anilines is 1. The number of rotatable bonds is 4. The highest BCUT2D eigenvalue weighted by Gasteiger charge is 2.14. The standard InChI is InChI=1S/C14H13BrN6O2/c1-20-11-10(12(22)18-14(20)23)21(13(15)17-11)8-7-16-19-9-5-3-2-4-6-9/h2-7,19H,8H2,1H3,(H,18,22,23)/b16-7-. The van der Waals surface area contributed by atoms with Gasteiger partial charge in [-0.25, -0.2) is 9.78 Å². The molecule has 23 heavy (non-hydrogen) atoms. The van der Waals surface area contributed by atoms with Gasteiger partial charge in [0.05, 0.1) is 12.2 Å². The topological polar surface area (TPSA) is 97.1 Å². The van der Waals surface area contributed by atoms with E-state index in [0.29, 0.717) is 22.4 Å². The molecule has 0 saturated carbocycles. The Morgan fingerprint density at radius 3 is 2.83 bits per heavy atom. The summed E-state index contributed by atoms with van der Waals surface area (Å²) in [5, 5.41) is 4.11. The lowest BCUT2D eigenvalue weighted by Crippen LogP contribution is -2.29. The van der Waals surface area contributed by atoms with Crippen molar-refractivity contribution < 1.29 is 0 Å². The zero-order valence-corrected chi connectivity index (χ0v) is 13.7. The van der Waals surface area contributed by atoms with Crippen LogP contribution in [0.1, 0.15) is 0 Å². The summed E-state index contributed by atoms with van der Waals surface area (Å²) >= 11 is 3.30. The van der Waals surface area contributed by atoms with E-state index in [-0.39, 0.29) is 0 Å². The number of nitrogens with one attached hydrogen (secondary N) is 2. The van der Waals surface area contributed by atoms with E-state index in [1.165, 1.54) is 4.57 Å². The van der Waals surface area contributed by atoms with Crippen LogP contribution in [0.15, 0.2) is 49.8 Å². The molecule has 0 aliphatic rings. The molecule has 0 fully saturated rings. The van der Waals surface area contributed by atoms with Crippen LogP contribution in [0.2, 0.25) is 0 Å². The number of halogens is 1. The number of hydrazone groups is 1. The first-order chi connectivity index (χ1) is 11.1. The summed E-state index contributed by atoms with van der Waals surface area (Å²) < 4.78 is 3.37. The SMILES string of the molecule is Cn1c(=O)[nH]c(=O)c2c1nc(Br)n2C/C=N\Nc1ccccc1. The van der Waals surface area contributed by atoms with Gasteiger partial charge >= 0.3 is 5.69 Å². The molecule has 0 atom stereocenters. The van der Waals surface area contributed by atoms with Gasteiger partial charge in [0.15, 0.2) is 15.9 Å². The lowest BCUT2D eigenvalue weighted by Gasteiger charge is -2.02. The summed E-state index contributed by atoms with van der Waals surface area (Å²) in [7, 11) is 1.55. The molecule has 0 unspecified atom stereocenters. The molecule has 0 saturated heterocycles. The zero-order valence-electron chi connectivity index (χ0n) is 12.2. The number of hydrogen-bond donors (Lipinski definition) is 2. The second-order valence-electron chi connectivity index (χ2n) is 4.77. The van der Waals surface area contributed by atoms with Crippen LogP contribution in [-0.2, 0) is 13.6 Å². The third-order valence-electron chi connectivity index (χ3n) is 3.28. The highest BCUT2D eigenvalue weighted by atomic mass is 79.9. The molecule has 2 aromatic heterocycles. The molecule has 0 radical (unpaired) electrons. The average Bonchev–Trinajstić information content (AvgIpc) is 2.88. The summed E-state index contributed by atoms with van der Waals surface area (Å²) in [5.41, 5.74) is 3.39. The number of fused-ring (bicyclic) bond motifs is 1. The molecular weight excluding hydrogens is 364 g/mol. The van der Waals surface area contributed by atoms with Crippen molar-refractivity contribution >= 4 is 39.0 Å². The molecule has 0 aliphatic heterocycles. The molecule has 9 heteroatoms. The quantitative estimate of drug-likeness (QED) is 0.407. The largest absolute Gasteiger partial charge is 0.329 e. The van der Waals surface area contributed by atoms with Gasteiger partial charge < -0.3 is 4.57 Å². The van der Waals surface area contributed by atoms with Gasteiger partial charge in [-0.2, -0.15) is 5.10 Å². The van der Waals surface area contributed by atoms with E-state index in [1.807, 2.05) is 30.3 Å². The molecule has 118 valence electrons. The number of nitrogens with zero attached hydrogens (tertiary/aromatic N) is 4. The number of imidazole rings is 1. The number of aryl methyl sites for hydroxylation is 1. The van der Waals surface area contributed by atoms with Crippen molar-refractivity contribution in [3.8, 4) is 0 Å². The van der Waals surface area contributed by atoms with Crippen molar-refractivity contribution in [1.29, 1.82) is 0 Å². The van der Waals surface area contributed by atoms with E-state index in [2.05, 4.69) is 36.4 Å². The van der Waals surface area contributed by atoms with Crippen molar-refractivity contribution in [3.63, 3.8) is 0 Å². The van der Waals surface area contributed by atoms with Crippen molar-refractivity contribution in [3.05, 3.63) is 55.9 Å². The van der Waals surface area contributed by atoms with E-state index < -0.39 is 11.2 Å². The molecule has 2 N–H and O–H groups in total. The minimum Gasteiger partial charge on any atom is -0.307 e. The van der Waals surface area contributed by atoms with Crippen LogP contribution in [-0.4, -0.2) is 25.3 Å². The van der Waals surface area contributed by atoms with Gasteiger partial charge in [-0.3, -0.25) is 19.8 Å². The first-order valence-corrected chi connectivity index (χ1v) is 7.55. The second kappa shape index (κ2) is 6.21. The summed E-state index contributed by atoms with van der Waals surface area (Å²) in [6, 6.07) is 9.50. The first-order valence-electron chi connectivity index (χ1n) is 6.75. The number of H-pyrrole nitrogens is 1. The fraction of sp³-hybridized carbons (Fsp3) is 0.143. The van der Waals surface area contributed by atoms with Crippen molar-refractivity contribution in [2.45, 2.75) is 6.54 Å². The maximum Gasteiger partial charge on any atom is 0.329 e. The molecule has 0 aliphatic carbocycles. The molecular formula is C14H13BrN6O2. The Morgan fingerprint density at radius 2 is 2.09 bits per heavy atom. The Bertz CT molecular complexity index is 986. The molecule has 0 bridgehead atoms. The smallest absolute Gasteiger partial charge is 0.307 e. The van der Waals surface area contributed by atoms with Crippen LogP contribution in [0.25, 0.3) is 11.2 Å². The monoisotopic (exact) mass is 376 g/mol. The third kappa shape index (κ3) is 2.95. The van der Waals surface area contributed by atoms with Gasteiger partial charge in [-0.05, 0) is 28.1 Å². The molecule has 8 nitrogen and oxygen atoms in total. The first kappa shape index (κ1) is 15.2. The summed E-state index contributed by atoms with van der Waals surface area (Å²) in [6.07, 6.45) is 1.61. The number of benzene rings is 1. The van der Waals surface area contributed by atoms with E-state index in [0.717, 1.165) is 5.69 Å². The third-order valence-corrected chi connectivity index (χ3v) is 3.89. The van der Waals surface area contributed by atoms with Crippen LogP contribution in [0.3, 0.4) is 0 Å². The summed E-state index contributed by atoms with van der Waals surface area (Å²) in [5.74, 6) is 0. The minimum absolute atomic E-state index is 0.310. The fourth-order valence-electron chi connectivity index (χ4n) is 2.13. The molecule has 2 heterocycles. The highest BCUT2D eigenvalue weighted by Crippen LogP contribution is 2.15. The molecule has 3 rings (SSSR count). The van der Waals surface area contributed by atoms with Gasteiger partial charge in [0, 0.05) is 13.3 Å². The van der Waals surface area contributed by atoms with Crippen molar-refractivity contribution in [2.24, 2.45) is 12.1 Å². The molecule has 0 amide bonds. The fourth-order valence-corrected chi connectivity index (χ4v) is 2.62. The Balaban J connectivity index is 1.89. The van der Waals surface area contributed by atoms with Crippen molar-refractivity contribution in [2.75, 3.05) is 5.43 Å². The maximum atomic E-state index is 12.0.